The van der Waals surface area contributed by atoms with Gasteiger partial charge in [-0.05, 0) is 11.6 Å². The van der Waals surface area contributed by atoms with Crippen molar-refractivity contribution in [1.29, 1.82) is 0 Å². The summed E-state index contributed by atoms with van der Waals surface area (Å²) in [7, 11) is 0. The average molecular weight is 280 g/mol. The summed E-state index contributed by atoms with van der Waals surface area (Å²) < 4.78 is 26.6. The zero-order valence-corrected chi connectivity index (χ0v) is 10.2. The normalized spacial score (nSPS) is 20.3. The Hall–Kier alpha value is -2.47. The van der Waals surface area contributed by atoms with Crippen molar-refractivity contribution in [2.45, 2.75) is 18.4 Å². The maximum Gasteiger partial charge on any atom is 0.267 e. The van der Waals surface area contributed by atoms with Crippen molar-refractivity contribution in [3.63, 3.8) is 0 Å². The molecule has 1 fully saturated rings. The number of likely N-dealkylation sites (tertiary alicyclic amines) is 1. The van der Waals surface area contributed by atoms with Gasteiger partial charge >= 0.3 is 0 Å². The fourth-order valence-electron chi connectivity index (χ4n) is 2.14. The molecule has 1 atom stereocenters. The molecular formula is C12H10F2N4O2. The van der Waals surface area contributed by atoms with Gasteiger partial charge in [-0.15, -0.1) is 0 Å². The molecule has 0 radical (unpaired) electrons. The molecule has 1 aromatic rings. The fraction of sp³-hybridized carbons (Fsp3) is 0.333. The van der Waals surface area contributed by atoms with Gasteiger partial charge in [0.25, 0.3) is 11.8 Å². The van der Waals surface area contributed by atoms with Crippen molar-refractivity contribution in [2.24, 2.45) is 5.11 Å². The lowest BCUT2D eigenvalue weighted by atomic mass is 10.1. The topological polar surface area (TPSA) is 86.1 Å². The van der Waals surface area contributed by atoms with Crippen LogP contribution in [0.1, 0.15) is 16.8 Å². The molecule has 1 heterocycles. The second-order valence-electron chi connectivity index (χ2n) is 4.40. The summed E-state index contributed by atoms with van der Waals surface area (Å²) in [6.45, 7) is -0.820. The van der Waals surface area contributed by atoms with Crippen molar-refractivity contribution in [1.82, 2.24) is 4.90 Å². The molecule has 1 amide bonds. The Morgan fingerprint density at radius 2 is 2.20 bits per heavy atom. The van der Waals surface area contributed by atoms with E-state index in [1.807, 2.05) is 0 Å². The first-order chi connectivity index (χ1) is 9.48. The quantitative estimate of drug-likeness (QED) is 0.369. The Balaban J connectivity index is 2.36. The predicted molar refractivity (Wildman–Crippen MR) is 65.7 cm³/mol. The molecule has 104 valence electrons. The Morgan fingerprint density at radius 3 is 2.85 bits per heavy atom. The Labute approximate surface area is 112 Å². The third kappa shape index (κ3) is 2.60. The van der Waals surface area contributed by atoms with Crippen molar-refractivity contribution in [3.8, 4) is 0 Å². The Bertz CT molecular complexity index is 599. The molecule has 1 aliphatic heterocycles. The third-order valence-electron chi connectivity index (χ3n) is 3.01. The number of hydrogen-bond donors (Lipinski definition) is 0. The van der Waals surface area contributed by atoms with E-state index >= 15 is 0 Å². The lowest BCUT2D eigenvalue weighted by Gasteiger charge is -2.20. The van der Waals surface area contributed by atoms with Gasteiger partial charge < -0.3 is 9.69 Å². The van der Waals surface area contributed by atoms with E-state index in [0.717, 1.165) is 4.90 Å². The van der Waals surface area contributed by atoms with Gasteiger partial charge in [-0.3, -0.25) is 4.79 Å². The molecule has 2 rings (SSSR count). The minimum atomic E-state index is -3.09. The smallest absolute Gasteiger partial charge is 0.267 e. The Morgan fingerprint density at radius 1 is 1.50 bits per heavy atom. The van der Waals surface area contributed by atoms with Gasteiger partial charge in [0.1, 0.15) is 6.29 Å². The second-order valence-corrected chi connectivity index (χ2v) is 4.40. The largest absolute Gasteiger partial charge is 0.323 e. The standard InChI is InChI=1S/C12H10F2N4O2/c13-12(14)5-8(6-19)18(7-12)11(20)9-3-1-2-4-10(9)16-17-15/h1-4,6,8H,5,7H2/t8-/m0/s1. The molecule has 0 bridgehead atoms. The highest BCUT2D eigenvalue weighted by molar-refractivity contribution is 6.00. The molecule has 1 aromatic carbocycles. The van der Waals surface area contributed by atoms with Gasteiger partial charge in [-0.1, -0.05) is 23.3 Å². The first-order valence-corrected chi connectivity index (χ1v) is 5.77. The summed E-state index contributed by atoms with van der Waals surface area (Å²) in [5.41, 5.74) is 8.47. The van der Waals surface area contributed by atoms with E-state index in [4.69, 9.17) is 5.53 Å². The van der Waals surface area contributed by atoms with Crippen LogP contribution in [0.3, 0.4) is 0 Å². The molecule has 1 saturated heterocycles. The van der Waals surface area contributed by atoms with Crippen LogP contribution in [0.5, 0.6) is 0 Å². The molecular weight excluding hydrogens is 270 g/mol. The lowest BCUT2D eigenvalue weighted by Crippen LogP contribution is -2.37. The van der Waals surface area contributed by atoms with Gasteiger partial charge in [0.05, 0.1) is 18.3 Å². The van der Waals surface area contributed by atoms with E-state index in [1.165, 1.54) is 18.2 Å². The summed E-state index contributed by atoms with van der Waals surface area (Å²) in [5, 5.41) is 3.34. The van der Waals surface area contributed by atoms with Crippen LogP contribution in [0.25, 0.3) is 10.4 Å². The van der Waals surface area contributed by atoms with Gasteiger partial charge in [0.2, 0.25) is 0 Å². The number of amides is 1. The molecule has 20 heavy (non-hydrogen) atoms. The van der Waals surface area contributed by atoms with Gasteiger partial charge in [0, 0.05) is 16.9 Å². The number of hydrogen-bond acceptors (Lipinski definition) is 3. The van der Waals surface area contributed by atoms with Crippen molar-refractivity contribution < 1.29 is 18.4 Å². The number of halogens is 2. The number of benzene rings is 1. The molecule has 1 aliphatic rings. The van der Waals surface area contributed by atoms with Crippen LogP contribution in [-0.4, -0.2) is 35.6 Å². The summed E-state index contributed by atoms with van der Waals surface area (Å²) >= 11 is 0. The molecule has 0 N–H and O–H groups in total. The maximum absolute atomic E-state index is 13.3. The predicted octanol–water partition coefficient (Wildman–Crippen LogP) is 2.68. The number of azide groups is 1. The average Bonchev–Trinajstić information content (AvgIpc) is 2.74. The minimum Gasteiger partial charge on any atom is -0.323 e. The van der Waals surface area contributed by atoms with Crippen LogP contribution in [0.15, 0.2) is 29.4 Å². The maximum atomic E-state index is 13.3. The zero-order valence-electron chi connectivity index (χ0n) is 10.2. The SMILES string of the molecule is [N-]=[N+]=Nc1ccccc1C(=O)N1CC(F)(F)C[C@H]1C=O. The van der Waals surface area contributed by atoms with Crippen LogP contribution >= 0.6 is 0 Å². The number of alkyl halides is 2. The summed E-state index contributed by atoms with van der Waals surface area (Å²) in [5.74, 6) is -3.84. The highest BCUT2D eigenvalue weighted by Crippen LogP contribution is 2.33. The van der Waals surface area contributed by atoms with E-state index in [1.54, 1.807) is 6.07 Å². The number of carbonyl (C=O) groups is 2. The van der Waals surface area contributed by atoms with E-state index < -0.39 is 30.8 Å². The highest BCUT2D eigenvalue weighted by Gasteiger charge is 2.47. The molecule has 8 heteroatoms. The third-order valence-corrected chi connectivity index (χ3v) is 3.01. The van der Waals surface area contributed by atoms with Crippen molar-refractivity contribution >= 4 is 17.9 Å². The van der Waals surface area contributed by atoms with Gasteiger partial charge in [0.15, 0.2) is 0 Å². The molecule has 0 aromatic heterocycles. The van der Waals surface area contributed by atoms with E-state index in [2.05, 4.69) is 10.0 Å². The minimum absolute atomic E-state index is 0.00477. The summed E-state index contributed by atoms with van der Waals surface area (Å²) in [6.07, 6.45) is -0.360. The molecule has 0 spiro atoms. The van der Waals surface area contributed by atoms with E-state index in [0.29, 0.717) is 6.29 Å². The number of aldehydes is 1. The van der Waals surface area contributed by atoms with Crippen LogP contribution < -0.4 is 0 Å². The zero-order chi connectivity index (χ0) is 14.8. The lowest BCUT2D eigenvalue weighted by molar-refractivity contribution is -0.111. The Kier molecular flexibility index (Phi) is 3.67. The number of rotatable bonds is 3. The number of carbonyl (C=O) groups excluding carboxylic acids is 2. The molecule has 0 aliphatic carbocycles. The van der Waals surface area contributed by atoms with Crippen LogP contribution in [-0.2, 0) is 4.79 Å². The van der Waals surface area contributed by atoms with Crippen LogP contribution in [0.2, 0.25) is 0 Å². The van der Waals surface area contributed by atoms with Crippen LogP contribution in [0.4, 0.5) is 14.5 Å². The van der Waals surface area contributed by atoms with E-state index in [9.17, 15) is 18.4 Å². The second kappa shape index (κ2) is 5.26. The first kappa shape index (κ1) is 14.0. The van der Waals surface area contributed by atoms with E-state index in [-0.39, 0.29) is 11.3 Å². The first-order valence-electron chi connectivity index (χ1n) is 5.77. The van der Waals surface area contributed by atoms with Gasteiger partial charge in [-0.2, -0.15) is 0 Å². The molecule has 0 unspecified atom stereocenters. The fourth-order valence-corrected chi connectivity index (χ4v) is 2.14. The summed E-state index contributed by atoms with van der Waals surface area (Å²) in [4.78, 5) is 26.5. The monoisotopic (exact) mass is 280 g/mol. The van der Waals surface area contributed by atoms with Crippen molar-refractivity contribution in [3.05, 3.63) is 40.3 Å². The van der Waals surface area contributed by atoms with Crippen LogP contribution in [0, 0.1) is 0 Å². The van der Waals surface area contributed by atoms with Crippen molar-refractivity contribution in [2.75, 3.05) is 6.54 Å². The summed E-state index contributed by atoms with van der Waals surface area (Å²) in [6, 6.07) is 4.67. The highest BCUT2D eigenvalue weighted by atomic mass is 19.3. The number of nitrogens with zero attached hydrogens (tertiary/aromatic N) is 4. The molecule has 6 nitrogen and oxygen atoms in total. The van der Waals surface area contributed by atoms with Gasteiger partial charge in [-0.25, -0.2) is 8.78 Å². The molecule has 0 saturated carbocycles.